The fourth-order valence-electron chi connectivity index (χ4n) is 2.87. The normalized spacial score (nSPS) is 11.9. The van der Waals surface area contributed by atoms with Gasteiger partial charge in [-0.2, -0.15) is 0 Å². The lowest BCUT2D eigenvalue weighted by molar-refractivity contribution is 0.102. The number of amides is 1. The summed E-state index contributed by atoms with van der Waals surface area (Å²) < 4.78 is 0. The van der Waals surface area contributed by atoms with E-state index in [1.54, 1.807) is 12.4 Å². The number of aromatic nitrogens is 1. The fourth-order valence-corrected chi connectivity index (χ4v) is 2.87. The largest absolute Gasteiger partial charge is 0.377 e. The Morgan fingerprint density at radius 2 is 1.56 bits per heavy atom. The molecule has 1 heterocycles. The Morgan fingerprint density at radius 1 is 0.852 bits per heavy atom. The van der Waals surface area contributed by atoms with E-state index in [-0.39, 0.29) is 11.9 Å². The molecular weight excluding hydrogens is 334 g/mol. The minimum Gasteiger partial charge on any atom is -0.377 e. The van der Waals surface area contributed by atoms with E-state index in [0.717, 1.165) is 11.4 Å². The highest BCUT2D eigenvalue weighted by atomic mass is 16.1. The van der Waals surface area contributed by atoms with E-state index < -0.39 is 0 Å². The van der Waals surface area contributed by atoms with E-state index >= 15 is 0 Å². The smallest absolute Gasteiger partial charge is 0.257 e. The number of nitrogens with zero attached hydrogens (tertiary/aromatic N) is 1. The number of nitrogens with one attached hydrogen (secondary N) is 2. The molecule has 3 rings (SSSR count). The fraction of sp³-hybridized carbons (Fsp3) is 0.217. The molecule has 1 aromatic heterocycles. The van der Waals surface area contributed by atoms with Crippen molar-refractivity contribution in [2.45, 2.75) is 32.7 Å². The number of benzene rings is 2. The first-order valence-electron chi connectivity index (χ1n) is 9.21. The van der Waals surface area contributed by atoms with Gasteiger partial charge in [0, 0.05) is 24.1 Å². The van der Waals surface area contributed by atoms with Crippen molar-refractivity contribution in [3.8, 4) is 0 Å². The molecule has 1 atom stereocenters. The summed E-state index contributed by atoms with van der Waals surface area (Å²) in [7, 11) is 0. The third-order valence-electron chi connectivity index (χ3n) is 4.52. The van der Waals surface area contributed by atoms with Crippen LogP contribution in [-0.4, -0.2) is 10.9 Å². The average Bonchev–Trinajstić information content (AvgIpc) is 2.69. The molecule has 138 valence electrons. The summed E-state index contributed by atoms with van der Waals surface area (Å²) in [6, 6.07) is 20.1. The zero-order chi connectivity index (χ0) is 19.2. The van der Waals surface area contributed by atoms with Crippen LogP contribution in [0.15, 0.2) is 73.1 Å². The maximum absolute atomic E-state index is 12.6. The molecule has 0 aliphatic heterocycles. The first-order chi connectivity index (χ1) is 13.0. The van der Waals surface area contributed by atoms with Gasteiger partial charge in [0.2, 0.25) is 0 Å². The van der Waals surface area contributed by atoms with Gasteiger partial charge in [0.05, 0.1) is 11.3 Å². The van der Waals surface area contributed by atoms with E-state index in [9.17, 15) is 4.79 Å². The van der Waals surface area contributed by atoms with Gasteiger partial charge in [-0.1, -0.05) is 56.3 Å². The van der Waals surface area contributed by atoms with Crippen LogP contribution in [0.25, 0.3) is 0 Å². The molecule has 4 nitrogen and oxygen atoms in total. The summed E-state index contributed by atoms with van der Waals surface area (Å²) in [6.45, 7) is 6.38. The standard InChI is InChI=1S/C23H25N3O/c1-16(2)18-9-11-21(12-10-18)26-23(27)20-13-22(15-24-14-20)25-17(3)19-7-5-4-6-8-19/h4-17,25H,1-3H3,(H,26,27). The van der Waals surface area contributed by atoms with Gasteiger partial charge in [0.1, 0.15) is 0 Å². The zero-order valence-electron chi connectivity index (χ0n) is 15.9. The highest BCUT2D eigenvalue weighted by Gasteiger charge is 2.10. The summed E-state index contributed by atoms with van der Waals surface area (Å²) in [4.78, 5) is 16.8. The SMILES string of the molecule is CC(C)c1ccc(NC(=O)c2cncc(NC(C)c3ccccc3)c2)cc1. The number of carbonyl (C=O) groups excluding carboxylic acids is 1. The summed E-state index contributed by atoms with van der Waals surface area (Å²) >= 11 is 0. The monoisotopic (exact) mass is 359 g/mol. The third-order valence-corrected chi connectivity index (χ3v) is 4.52. The first-order valence-corrected chi connectivity index (χ1v) is 9.21. The van der Waals surface area contributed by atoms with Gasteiger partial charge in [0.15, 0.2) is 0 Å². The molecule has 1 unspecified atom stereocenters. The quantitative estimate of drug-likeness (QED) is 0.600. The molecule has 0 aliphatic rings. The van der Waals surface area contributed by atoms with Crippen LogP contribution < -0.4 is 10.6 Å². The van der Waals surface area contributed by atoms with E-state index in [2.05, 4.69) is 48.5 Å². The maximum Gasteiger partial charge on any atom is 0.257 e. The van der Waals surface area contributed by atoms with Crippen molar-refractivity contribution in [3.63, 3.8) is 0 Å². The molecule has 0 saturated heterocycles. The second-order valence-corrected chi connectivity index (χ2v) is 6.97. The Hall–Kier alpha value is -3.14. The maximum atomic E-state index is 12.6. The Morgan fingerprint density at radius 3 is 2.22 bits per heavy atom. The van der Waals surface area contributed by atoms with Crippen LogP contribution >= 0.6 is 0 Å². The lowest BCUT2D eigenvalue weighted by atomic mass is 10.0. The van der Waals surface area contributed by atoms with Crippen LogP contribution in [0.2, 0.25) is 0 Å². The number of hydrogen-bond acceptors (Lipinski definition) is 3. The molecule has 2 N–H and O–H groups in total. The molecule has 4 heteroatoms. The summed E-state index contributed by atoms with van der Waals surface area (Å²) in [5, 5.41) is 6.32. The van der Waals surface area contributed by atoms with Crippen LogP contribution in [0.4, 0.5) is 11.4 Å². The predicted octanol–water partition coefficient (Wildman–Crippen LogP) is 5.63. The lowest BCUT2D eigenvalue weighted by Crippen LogP contribution is -2.13. The summed E-state index contributed by atoms with van der Waals surface area (Å²) in [6.07, 6.45) is 3.31. The van der Waals surface area contributed by atoms with E-state index in [1.807, 2.05) is 48.5 Å². The molecule has 2 aromatic carbocycles. The first kappa shape index (κ1) is 18.6. The van der Waals surface area contributed by atoms with Crippen LogP contribution in [-0.2, 0) is 0 Å². The van der Waals surface area contributed by atoms with Crippen molar-refractivity contribution in [2.24, 2.45) is 0 Å². The zero-order valence-corrected chi connectivity index (χ0v) is 15.9. The minimum atomic E-state index is -0.171. The Labute approximate surface area is 160 Å². The molecule has 0 bridgehead atoms. The van der Waals surface area contributed by atoms with Crippen molar-refractivity contribution in [1.29, 1.82) is 0 Å². The Kier molecular flexibility index (Phi) is 5.87. The van der Waals surface area contributed by atoms with E-state index in [0.29, 0.717) is 11.5 Å². The second-order valence-electron chi connectivity index (χ2n) is 6.97. The lowest BCUT2D eigenvalue weighted by Gasteiger charge is -2.16. The predicted molar refractivity (Wildman–Crippen MR) is 111 cm³/mol. The summed E-state index contributed by atoms with van der Waals surface area (Å²) in [5.74, 6) is 0.295. The Bertz CT molecular complexity index is 889. The number of rotatable bonds is 6. The van der Waals surface area contributed by atoms with Gasteiger partial charge in [0.25, 0.3) is 5.91 Å². The molecule has 0 radical (unpaired) electrons. The minimum absolute atomic E-state index is 0.120. The van der Waals surface area contributed by atoms with Crippen LogP contribution in [0.1, 0.15) is 54.2 Å². The molecule has 0 aliphatic carbocycles. The van der Waals surface area contributed by atoms with E-state index in [4.69, 9.17) is 0 Å². The number of anilines is 2. The molecular formula is C23H25N3O. The molecule has 0 fully saturated rings. The molecule has 0 saturated carbocycles. The molecule has 3 aromatic rings. The van der Waals surface area contributed by atoms with Crippen molar-refractivity contribution in [1.82, 2.24) is 4.98 Å². The third kappa shape index (κ3) is 4.94. The van der Waals surface area contributed by atoms with Crippen molar-refractivity contribution in [2.75, 3.05) is 10.6 Å². The van der Waals surface area contributed by atoms with Crippen molar-refractivity contribution < 1.29 is 4.79 Å². The van der Waals surface area contributed by atoms with Gasteiger partial charge in [-0.25, -0.2) is 0 Å². The van der Waals surface area contributed by atoms with Crippen LogP contribution in [0, 0.1) is 0 Å². The van der Waals surface area contributed by atoms with Crippen molar-refractivity contribution >= 4 is 17.3 Å². The highest BCUT2D eigenvalue weighted by Crippen LogP contribution is 2.20. The second kappa shape index (κ2) is 8.49. The van der Waals surface area contributed by atoms with Gasteiger partial charge >= 0.3 is 0 Å². The number of pyridine rings is 1. The van der Waals surface area contributed by atoms with E-state index in [1.165, 1.54) is 11.1 Å². The number of carbonyl (C=O) groups is 1. The van der Waals surface area contributed by atoms with Gasteiger partial charge < -0.3 is 10.6 Å². The van der Waals surface area contributed by atoms with Gasteiger partial charge in [-0.15, -0.1) is 0 Å². The molecule has 1 amide bonds. The van der Waals surface area contributed by atoms with Gasteiger partial charge in [-0.05, 0) is 42.2 Å². The topological polar surface area (TPSA) is 54.0 Å². The molecule has 27 heavy (non-hydrogen) atoms. The van der Waals surface area contributed by atoms with Crippen LogP contribution in [0.3, 0.4) is 0 Å². The molecule has 0 spiro atoms. The summed E-state index contributed by atoms with van der Waals surface area (Å²) in [5.41, 5.74) is 4.54. The Balaban J connectivity index is 1.68. The number of hydrogen-bond donors (Lipinski definition) is 2. The van der Waals surface area contributed by atoms with Crippen LogP contribution in [0.5, 0.6) is 0 Å². The van der Waals surface area contributed by atoms with Crippen molar-refractivity contribution in [3.05, 3.63) is 89.7 Å². The average molecular weight is 359 g/mol. The highest BCUT2D eigenvalue weighted by molar-refractivity contribution is 6.04. The van der Waals surface area contributed by atoms with Gasteiger partial charge in [-0.3, -0.25) is 9.78 Å².